The lowest BCUT2D eigenvalue weighted by Crippen LogP contribution is -2.40. The number of carbonyl (C=O) groups is 6. The molecule has 0 aliphatic rings. The van der Waals surface area contributed by atoms with Gasteiger partial charge < -0.3 is 40.5 Å². The van der Waals surface area contributed by atoms with Crippen LogP contribution in [0.15, 0.2) is 0 Å². The third-order valence-corrected chi connectivity index (χ3v) is 10.8. The molecule has 0 bridgehead atoms. The normalized spacial score (nSPS) is 11.7. The number of H-pyrrole nitrogens is 2. The van der Waals surface area contributed by atoms with Crippen LogP contribution in [0.4, 0.5) is 83.8 Å². The molecular formula is C61H95F18N19O11. The van der Waals surface area contributed by atoms with Crippen molar-refractivity contribution in [3.63, 3.8) is 0 Å². The van der Waals surface area contributed by atoms with E-state index in [0.717, 1.165) is 56.8 Å². The zero-order valence-corrected chi connectivity index (χ0v) is 62.5. The van der Waals surface area contributed by atoms with Gasteiger partial charge in [0, 0.05) is 32.4 Å². The number of amides is 2. The number of aryl methyl sites for hydroxylation is 5. The van der Waals surface area contributed by atoms with Gasteiger partial charge in [0.05, 0.1) is 51.1 Å². The molecule has 0 aliphatic heterocycles. The second-order valence-electron chi connectivity index (χ2n) is 25.5. The summed E-state index contributed by atoms with van der Waals surface area (Å²) >= 11 is 0. The number of nitrogens with zero attached hydrogens (tertiary/aromatic N) is 12. The predicted octanol–water partition coefficient (Wildman–Crippen LogP) is 11.8. The molecule has 4 aromatic rings. The maximum Gasteiger partial charge on any atom is 0.490 e. The first kappa shape index (κ1) is 106. The fourth-order valence-corrected chi connectivity index (χ4v) is 6.68. The highest BCUT2D eigenvalue weighted by molar-refractivity contribution is 5.81. The number of carbonyl (C=O) groups excluding carboxylic acids is 6. The lowest BCUT2D eigenvalue weighted by Gasteiger charge is -2.19. The van der Waals surface area contributed by atoms with E-state index in [0.29, 0.717) is 13.1 Å². The van der Waals surface area contributed by atoms with Gasteiger partial charge in [0.1, 0.15) is 52.2 Å². The second kappa shape index (κ2) is 49.8. The summed E-state index contributed by atoms with van der Waals surface area (Å²) < 4.78 is 241. The SMILES string of the molecule is CC(C)(C)OC(=O)CCc1nc(C(F)(F)F)n[nH]1.CC(C)(C)OC(=O)CCc1nc(C(F)(F)F)n[nH]1.CC(C)(C)OC(=O)NCC#N.CCCCCCn1nc(C(F)(F)F)nc1CCC(=O)OC(C)(C)C.CCCCCCn1nc(C(F)(F)F)nc1CN.CCOC(=O)C(F)(F)F.N#CCN.NNC(=O)C(F)(F)F. The van der Waals surface area contributed by atoms with Gasteiger partial charge in [-0.25, -0.2) is 44.7 Å². The number of aromatic amines is 2. The number of alkyl halides is 18. The molecule has 0 fully saturated rings. The second-order valence-corrected chi connectivity index (χ2v) is 25.5. The van der Waals surface area contributed by atoms with E-state index < -0.39 is 119 Å². The van der Waals surface area contributed by atoms with Crippen molar-refractivity contribution in [3.05, 3.63) is 46.6 Å². The van der Waals surface area contributed by atoms with Crippen molar-refractivity contribution in [3.8, 4) is 12.1 Å². The van der Waals surface area contributed by atoms with Gasteiger partial charge in [-0.3, -0.25) is 34.8 Å². The standard InChI is InChI=1S/C16H26F3N3O2.C10H17F3N4.2C10H14F3N3O2.C7H12N2O2.C4H5F3O2.C2H3F3N2O.C2H4N2/c1-5-6-7-8-11-22-12(20-14(21-22)16(17,18)19)9-10-13(23)24-15(2,3)4;1-2-3-4-5-6-17-8(7-14)15-9(16-17)10(11,12)13;2*1-9(2,3)18-7(17)5-4-6-14-8(16-15-6)10(11,12)13;1-7(2,3)11-6(10)9-5-4-8;1-2-9-3(8)4(5,6)7;3-2(4,5)1(8)7-6;3-1-2-4/h5-11H2,1-4H3;2-7,14H2,1H3;2*4-5H2,1-3H3,(H,14,15,16);5H2,1-3H3,(H,9,10);2H2,1H3;6H2,(H,7,8);1,3H2. The Labute approximate surface area is 615 Å². The smallest absolute Gasteiger partial charge is 0.460 e. The van der Waals surface area contributed by atoms with E-state index in [4.69, 9.17) is 35.2 Å². The molecule has 0 spiro atoms. The van der Waals surface area contributed by atoms with Crippen LogP contribution >= 0.6 is 0 Å². The summed E-state index contributed by atoms with van der Waals surface area (Å²) in [5.74, 6) is -5.94. The van der Waals surface area contributed by atoms with E-state index in [1.165, 1.54) is 16.3 Å². The molecule has 4 aromatic heterocycles. The molecule has 0 saturated heterocycles. The first-order valence-electron chi connectivity index (χ1n) is 32.6. The van der Waals surface area contributed by atoms with Gasteiger partial charge in [-0.05, 0) is 103 Å². The highest BCUT2D eigenvalue weighted by atomic mass is 19.4. The first-order chi connectivity index (χ1) is 49.5. The molecule has 0 saturated carbocycles. The zero-order valence-electron chi connectivity index (χ0n) is 62.5. The van der Waals surface area contributed by atoms with Crippen molar-refractivity contribution in [1.82, 2.24) is 70.6 Å². The van der Waals surface area contributed by atoms with Gasteiger partial charge in [-0.15, -0.1) is 20.4 Å². The summed E-state index contributed by atoms with van der Waals surface area (Å²) in [4.78, 5) is 77.8. The van der Waals surface area contributed by atoms with Gasteiger partial charge in [0.25, 0.3) is 23.3 Å². The lowest BCUT2D eigenvalue weighted by molar-refractivity contribution is -0.199. The molecule has 30 nitrogen and oxygen atoms in total. The molecular weight excluding hydrogens is 1520 g/mol. The predicted molar refractivity (Wildman–Crippen MR) is 347 cm³/mol. The molecule has 4 heterocycles. The number of halogens is 18. The van der Waals surface area contributed by atoms with Crippen LogP contribution in [0.5, 0.6) is 0 Å². The summed E-state index contributed by atoms with van der Waals surface area (Å²) in [6.45, 7) is 26.8. The number of nitrogens with two attached hydrogens (primary N) is 3. The molecule has 2 amide bonds. The number of unbranched alkanes of at least 4 members (excludes halogenated alkanes) is 6. The number of rotatable bonds is 22. The van der Waals surface area contributed by atoms with Gasteiger partial charge in [-0.1, -0.05) is 52.4 Å². The minimum Gasteiger partial charge on any atom is -0.460 e. The summed E-state index contributed by atoms with van der Waals surface area (Å²) in [6, 6.07) is 3.48. The fourth-order valence-electron chi connectivity index (χ4n) is 6.68. The maximum absolute atomic E-state index is 12.8. The minimum absolute atomic E-state index is 0.00758. The Bertz CT molecular complexity index is 3280. The Balaban J connectivity index is -0.000000600. The molecule has 626 valence electrons. The first-order valence-corrected chi connectivity index (χ1v) is 32.6. The number of nitriles is 2. The van der Waals surface area contributed by atoms with E-state index in [1.54, 1.807) is 95.2 Å². The van der Waals surface area contributed by atoms with Crippen LogP contribution in [-0.4, -0.2) is 150 Å². The number of hydrazine groups is 1. The summed E-state index contributed by atoms with van der Waals surface area (Å²) in [5.41, 5.74) is 8.60. The molecule has 109 heavy (non-hydrogen) atoms. The van der Waals surface area contributed by atoms with Crippen molar-refractivity contribution < 1.29 is 131 Å². The molecule has 0 atom stereocenters. The van der Waals surface area contributed by atoms with E-state index in [-0.39, 0.29) is 88.1 Å². The van der Waals surface area contributed by atoms with Crippen molar-refractivity contribution in [2.24, 2.45) is 17.3 Å². The number of aromatic nitrogens is 12. The molecule has 0 radical (unpaired) electrons. The van der Waals surface area contributed by atoms with E-state index >= 15 is 0 Å². The Kier molecular flexibility index (Phi) is 48.4. The molecule has 48 heteroatoms. The zero-order chi connectivity index (χ0) is 85.8. The number of alkyl carbamates (subject to hydrolysis) is 1. The average molecular weight is 1610 g/mol. The van der Waals surface area contributed by atoms with Crippen molar-refractivity contribution >= 4 is 35.9 Å². The van der Waals surface area contributed by atoms with Gasteiger partial charge in [0.15, 0.2) is 0 Å². The maximum atomic E-state index is 12.8. The summed E-state index contributed by atoms with van der Waals surface area (Å²) in [7, 11) is 0. The van der Waals surface area contributed by atoms with Crippen LogP contribution in [-0.2, 0) is 111 Å². The minimum atomic E-state index is -4.87. The van der Waals surface area contributed by atoms with E-state index in [9.17, 15) is 108 Å². The van der Waals surface area contributed by atoms with E-state index in [1.807, 2.05) is 0 Å². The Morgan fingerprint density at radius 3 is 1.06 bits per heavy atom. The molecule has 0 aromatic carbocycles. The quantitative estimate of drug-likeness (QED) is 0.00561. The number of hydrogen-bond donors (Lipinski definition) is 7. The molecule has 10 N–H and O–H groups in total. The lowest BCUT2D eigenvalue weighted by atomic mass is 10.2. The fraction of sp³-hybridized carbons (Fsp3) is 0.738. The van der Waals surface area contributed by atoms with Crippen molar-refractivity contribution in [2.45, 2.75) is 273 Å². The Hall–Kier alpha value is -9.22. The third kappa shape index (κ3) is 56.7. The van der Waals surface area contributed by atoms with Crippen LogP contribution in [0.1, 0.15) is 221 Å². The van der Waals surface area contributed by atoms with Crippen LogP contribution in [0, 0.1) is 22.7 Å². The number of nitrogens with one attached hydrogen (secondary N) is 4. The van der Waals surface area contributed by atoms with E-state index in [2.05, 4.69) is 86.0 Å². The number of esters is 4. The molecule has 0 unspecified atom stereocenters. The topological polar surface area (TPSA) is 443 Å². The number of ether oxygens (including phenoxy) is 5. The van der Waals surface area contributed by atoms with Gasteiger partial charge in [0.2, 0.25) is 0 Å². The van der Waals surface area contributed by atoms with Crippen LogP contribution in [0.25, 0.3) is 0 Å². The molecule has 4 rings (SSSR count). The third-order valence-electron chi connectivity index (χ3n) is 10.8. The monoisotopic (exact) mass is 1610 g/mol. The van der Waals surface area contributed by atoms with Crippen molar-refractivity contribution in [2.75, 3.05) is 19.7 Å². The Morgan fingerprint density at radius 1 is 0.468 bits per heavy atom. The van der Waals surface area contributed by atoms with Crippen LogP contribution in [0.3, 0.4) is 0 Å². The highest BCUT2D eigenvalue weighted by Gasteiger charge is 2.42. The Morgan fingerprint density at radius 2 is 0.807 bits per heavy atom. The van der Waals surface area contributed by atoms with Gasteiger partial charge in [-0.2, -0.15) is 89.6 Å². The summed E-state index contributed by atoms with van der Waals surface area (Å²) in [5, 5.41) is 35.2. The highest BCUT2D eigenvalue weighted by Crippen LogP contribution is 2.30. The number of hydrogen-bond acceptors (Lipinski definition) is 24. The van der Waals surface area contributed by atoms with Crippen LogP contribution in [0.2, 0.25) is 0 Å². The van der Waals surface area contributed by atoms with Crippen LogP contribution < -0.4 is 28.1 Å². The largest absolute Gasteiger partial charge is 0.490 e. The summed E-state index contributed by atoms with van der Waals surface area (Å²) in [6.07, 6.45) is -20.9. The van der Waals surface area contributed by atoms with Gasteiger partial charge >= 0.3 is 72.9 Å². The molecule has 0 aliphatic carbocycles. The van der Waals surface area contributed by atoms with Crippen molar-refractivity contribution in [1.29, 1.82) is 10.5 Å². The average Bonchev–Trinajstić information content (AvgIpc) is 1.70.